The van der Waals surface area contributed by atoms with Gasteiger partial charge in [-0.05, 0) is 17.9 Å². The fraction of sp³-hybridized carbons (Fsp3) is 0.154. The molecule has 3 rings (SSSR count). The van der Waals surface area contributed by atoms with Crippen LogP contribution < -0.4 is 0 Å². The van der Waals surface area contributed by atoms with Crippen LogP contribution in [-0.2, 0) is 0 Å². The van der Waals surface area contributed by atoms with Crippen molar-refractivity contribution < 1.29 is 0 Å². The second-order valence-corrected chi connectivity index (χ2v) is 4.72. The summed E-state index contributed by atoms with van der Waals surface area (Å²) >= 11 is 1.91. The Morgan fingerprint density at radius 1 is 1.13 bits per heavy atom. The number of fused-ring (bicyclic) bond motifs is 1. The molecule has 0 amide bonds. The van der Waals surface area contributed by atoms with E-state index in [0.717, 1.165) is 5.69 Å². The van der Waals surface area contributed by atoms with Crippen LogP contribution in [0.5, 0.6) is 0 Å². The van der Waals surface area contributed by atoms with Crippen molar-refractivity contribution in [3.8, 4) is 0 Å². The predicted molar refractivity (Wildman–Crippen MR) is 66.8 cm³/mol. The molecule has 0 saturated carbocycles. The number of pyridine rings is 1. The molecule has 0 bridgehead atoms. The molecule has 2 heterocycles. The van der Waals surface area contributed by atoms with E-state index < -0.39 is 0 Å². The molecular weight excluding hydrogens is 202 g/mol. The molecule has 0 unspecified atom stereocenters. The summed E-state index contributed by atoms with van der Waals surface area (Å²) in [7, 11) is 0. The van der Waals surface area contributed by atoms with Gasteiger partial charge in [-0.3, -0.25) is 4.98 Å². The summed E-state index contributed by atoms with van der Waals surface area (Å²) in [4.78, 5) is 5.84. The molecule has 15 heavy (non-hydrogen) atoms. The SMILES string of the molecule is C1=C(c2nccc3ccccc23)SCC1. The fourth-order valence-electron chi connectivity index (χ4n) is 1.90. The van der Waals surface area contributed by atoms with E-state index in [1.165, 1.54) is 27.9 Å². The number of aromatic nitrogens is 1. The largest absolute Gasteiger partial charge is 0.255 e. The van der Waals surface area contributed by atoms with Crippen LogP contribution in [0.25, 0.3) is 15.7 Å². The standard InChI is InChI=1S/C13H11NS/c1-2-5-11-10(4-1)7-8-14-13(11)12-6-3-9-15-12/h1-2,4-8H,3,9H2. The molecule has 74 valence electrons. The summed E-state index contributed by atoms with van der Waals surface area (Å²) in [6.07, 6.45) is 5.36. The first-order valence-electron chi connectivity index (χ1n) is 5.12. The molecule has 0 fully saturated rings. The van der Waals surface area contributed by atoms with E-state index in [2.05, 4.69) is 41.4 Å². The van der Waals surface area contributed by atoms with Gasteiger partial charge in [-0.1, -0.05) is 30.3 Å². The van der Waals surface area contributed by atoms with Crippen LogP contribution in [0.3, 0.4) is 0 Å². The van der Waals surface area contributed by atoms with Crippen molar-refractivity contribution in [3.63, 3.8) is 0 Å². The summed E-state index contributed by atoms with van der Waals surface area (Å²) in [5.74, 6) is 1.19. The molecule has 0 atom stereocenters. The van der Waals surface area contributed by atoms with Crippen molar-refractivity contribution in [2.75, 3.05) is 5.75 Å². The van der Waals surface area contributed by atoms with Crippen molar-refractivity contribution in [1.29, 1.82) is 0 Å². The van der Waals surface area contributed by atoms with Crippen LogP contribution >= 0.6 is 11.8 Å². The Bertz CT molecular complexity index is 526. The second kappa shape index (κ2) is 3.70. The van der Waals surface area contributed by atoms with Gasteiger partial charge in [-0.2, -0.15) is 0 Å². The lowest BCUT2D eigenvalue weighted by Gasteiger charge is -2.05. The van der Waals surface area contributed by atoms with Gasteiger partial charge in [0.25, 0.3) is 0 Å². The van der Waals surface area contributed by atoms with Gasteiger partial charge in [0.1, 0.15) is 0 Å². The van der Waals surface area contributed by atoms with E-state index in [1.807, 2.05) is 18.0 Å². The Kier molecular flexibility index (Phi) is 2.22. The third kappa shape index (κ3) is 1.55. The lowest BCUT2D eigenvalue weighted by molar-refractivity contribution is 1.27. The Morgan fingerprint density at radius 2 is 2.07 bits per heavy atom. The summed E-state index contributed by atoms with van der Waals surface area (Å²) in [6, 6.07) is 10.5. The average molecular weight is 213 g/mol. The maximum absolute atomic E-state index is 4.50. The average Bonchev–Trinajstić information content (AvgIpc) is 2.82. The Balaban J connectivity index is 2.26. The number of thioether (sulfide) groups is 1. The third-order valence-corrected chi connectivity index (χ3v) is 3.72. The number of benzene rings is 1. The third-order valence-electron chi connectivity index (χ3n) is 2.61. The first kappa shape index (κ1) is 8.98. The van der Waals surface area contributed by atoms with Crippen LogP contribution in [0, 0.1) is 0 Å². The van der Waals surface area contributed by atoms with Crippen molar-refractivity contribution in [2.45, 2.75) is 6.42 Å². The van der Waals surface area contributed by atoms with E-state index >= 15 is 0 Å². The maximum atomic E-state index is 4.50. The quantitative estimate of drug-likeness (QED) is 0.716. The Hall–Kier alpha value is -1.28. The molecule has 0 radical (unpaired) electrons. The van der Waals surface area contributed by atoms with E-state index in [-0.39, 0.29) is 0 Å². The van der Waals surface area contributed by atoms with E-state index in [4.69, 9.17) is 0 Å². The second-order valence-electron chi connectivity index (χ2n) is 3.59. The molecule has 1 aliphatic rings. The minimum Gasteiger partial charge on any atom is -0.255 e. The number of hydrogen-bond donors (Lipinski definition) is 0. The molecular formula is C13H11NS. The first-order chi connectivity index (χ1) is 7.45. The van der Waals surface area contributed by atoms with Crippen molar-refractivity contribution in [3.05, 3.63) is 48.3 Å². The molecule has 2 heteroatoms. The van der Waals surface area contributed by atoms with E-state index in [1.54, 1.807) is 0 Å². The van der Waals surface area contributed by atoms with Gasteiger partial charge < -0.3 is 0 Å². The summed E-state index contributed by atoms with van der Waals surface area (Å²) in [5.41, 5.74) is 1.15. The highest BCUT2D eigenvalue weighted by Crippen LogP contribution is 2.35. The van der Waals surface area contributed by atoms with Gasteiger partial charge in [-0.15, -0.1) is 11.8 Å². The zero-order valence-corrected chi connectivity index (χ0v) is 9.13. The number of allylic oxidation sites excluding steroid dienone is 1. The van der Waals surface area contributed by atoms with Gasteiger partial charge in [-0.25, -0.2) is 0 Å². The zero-order valence-electron chi connectivity index (χ0n) is 8.31. The minimum absolute atomic E-state index is 1.15. The molecule has 0 saturated heterocycles. The number of hydrogen-bond acceptors (Lipinski definition) is 2. The summed E-state index contributed by atoms with van der Waals surface area (Å²) < 4.78 is 0. The molecule has 2 aromatic rings. The van der Waals surface area contributed by atoms with Gasteiger partial charge in [0.15, 0.2) is 0 Å². The molecule has 1 aromatic heterocycles. The molecule has 0 N–H and O–H groups in total. The normalized spacial score (nSPS) is 15.6. The van der Waals surface area contributed by atoms with Crippen molar-refractivity contribution >= 4 is 27.4 Å². The lowest BCUT2D eigenvalue weighted by atomic mass is 10.1. The van der Waals surface area contributed by atoms with Crippen LogP contribution in [-0.4, -0.2) is 10.7 Å². The van der Waals surface area contributed by atoms with Crippen LogP contribution in [0.15, 0.2) is 42.6 Å². The minimum atomic E-state index is 1.15. The monoisotopic (exact) mass is 213 g/mol. The lowest BCUT2D eigenvalue weighted by Crippen LogP contribution is -1.86. The molecule has 0 aliphatic carbocycles. The van der Waals surface area contributed by atoms with E-state index in [9.17, 15) is 0 Å². The Labute approximate surface area is 93.2 Å². The van der Waals surface area contributed by atoms with Crippen molar-refractivity contribution in [2.24, 2.45) is 0 Å². The topological polar surface area (TPSA) is 12.9 Å². The van der Waals surface area contributed by atoms with Gasteiger partial charge in [0.2, 0.25) is 0 Å². The smallest absolute Gasteiger partial charge is 0.0840 e. The van der Waals surface area contributed by atoms with E-state index in [0.29, 0.717) is 0 Å². The highest BCUT2D eigenvalue weighted by atomic mass is 32.2. The zero-order chi connectivity index (χ0) is 10.1. The number of rotatable bonds is 1. The van der Waals surface area contributed by atoms with Crippen LogP contribution in [0.1, 0.15) is 12.1 Å². The summed E-state index contributed by atoms with van der Waals surface area (Å²) in [6.45, 7) is 0. The predicted octanol–water partition coefficient (Wildman–Crippen LogP) is 3.71. The molecule has 1 aromatic carbocycles. The highest BCUT2D eigenvalue weighted by Gasteiger charge is 2.11. The number of nitrogens with zero attached hydrogens (tertiary/aromatic N) is 1. The van der Waals surface area contributed by atoms with Crippen LogP contribution in [0.4, 0.5) is 0 Å². The van der Waals surface area contributed by atoms with Gasteiger partial charge >= 0.3 is 0 Å². The summed E-state index contributed by atoms with van der Waals surface area (Å²) in [5, 5.41) is 2.54. The van der Waals surface area contributed by atoms with Crippen molar-refractivity contribution in [1.82, 2.24) is 4.98 Å². The molecule has 1 aliphatic heterocycles. The molecule has 0 spiro atoms. The van der Waals surface area contributed by atoms with Crippen LogP contribution in [0.2, 0.25) is 0 Å². The van der Waals surface area contributed by atoms with Gasteiger partial charge in [0.05, 0.1) is 5.69 Å². The Morgan fingerprint density at radius 3 is 2.93 bits per heavy atom. The first-order valence-corrected chi connectivity index (χ1v) is 6.11. The highest BCUT2D eigenvalue weighted by molar-refractivity contribution is 8.08. The maximum Gasteiger partial charge on any atom is 0.0840 e. The van der Waals surface area contributed by atoms with Gasteiger partial charge in [0, 0.05) is 22.2 Å². The molecule has 1 nitrogen and oxygen atoms in total. The fourth-order valence-corrected chi connectivity index (χ4v) is 2.89.